The monoisotopic (exact) mass is 312 g/mol. The zero-order valence-electron chi connectivity index (χ0n) is 13.3. The minimum absolute atomic E-state index is 0.568. The second-order valence-electron chi connectivity index (χ2n) is 5.62. The van der Waals surface area contributed by atoms with Gasteiger partial charge in [0.25, 0.3) is 0 Å². The lowest BCUT2D eigenvalue weighted by Gasteiger charge is -2.10. The Labute approximate surface area is 140 Å². The van der Waals surface area contributed by atoms with Crippen LogP contribution in [0.3, 0.4) is 0 Å². The van der Waals surface area contributed by atoms with E-state index in [9.17, 15) is 0 Å². The highest BCUT2D eigenvalue weighted by atomic mass is 15.1. The van der Waals surface area contributed by atoms with Gasteiger partial charge in [-0.05, 0) is 37.3 Å². The Bertz CT molecular complexity index is 979. The Morgan fingerprint density at radius 1 is 0.792 bits per heavy atom. The van der Waals surface area contributed by atoms with E-state index in [4.69, 9.17) is 4.98 Å². The van der Waals surface area contributed by atoms with Crippen molar-refractivity contribution in [2.24, 2.45) is 0 Å². The van der Waals surface area contributed by atoms with Crippen molar-refractivity contribution in [3.05, 3.63) is 78.5 Å². The zero-order valence-corrected chi connectivity index (χ0v) is 13.3. The molecule has 4 aromatic rings. The molecule has 0 fully saturated rings. The molecule has 116 valence electrons. The van der Waals surface area contributed by atoms with Crippen LogP contribution in [-0.4, -0.2) is 15.0 Å². The van der Waals surface area contributed by atoms with Crippen LogP contribution in [0.5, 0.6) is 0 Å². The number of nitrogens with one attached hydrogen (secondary N) is 1. The van der Waals surface area contributed by atoms with Gasteiger partial charge in [-0.25, -0.2) is 9.97 Å². The summed E-state index contributed by atoms with van der Waals surface area (Å²) >= 11 is 0. The standard InChI is InChI=1S/C20H16N4/c1-14-9-11-15(12-10-14)22-20-23-17-7-3-2-6-16(17)19(24-20)18-8-4-5-13-21-18/h2-13H,1H3,(H,22,23,24). The molecule has 4 heteroatoms. The van der Waals surface area contributed by atoms with E-state index in [1.807, 2.05) is 54.6 Å². The molecular weight excluding hydrogens is 296 g/mol. The smallest absolute Gasteiger partial charge is 0.228 e. The molecule has 2 heterocycles. The molecule has 0 spiro atoms. The number of para-hydroxylation sites is 1. The molecule has 0 aliphatic rings. The SMILES string of the molecule is Cc1ccc(Nc2nc(-c3ccccn3)c3ccccc3n2)cc1. The van der Waals surface area contributed by atoms with E-state index in [0.717, 1.165) is 28.0 Å². The molecule has 0 atom stereocenters. The summed E-state index contributed by atoms with van der Waals surface area (Å²) in [5, 5.41) is 4.27. The van der Waals surface area contributed by atoms with Gasteiger partial charge in [-0.3, -0.25) is 4.98 Å². The maximum Gasteiger partial charge on any atom is 0.228 e. The second-order valence-corrected chi connectivity index (χ2v) is 5.62. The van der Waals surface area contributed by atoms with E-state index in [1.165, 1.54) is 5.56 Å². The lowest BCUT2D eigenvalue weighted by molar-refractivity contribution is 1.19. The van der Waals surface area contributed by atoms with E-state index in [0.29, 0.717) is 5.95 Å². The fourth-order valence-electron chi connectivity index (χ4n) is 2.60. The van der Waals surface area contributed by atoms with Crippen molar-refractivity contribution < 1.29 is 0 Å². The Morgan fingerprint density at radius 3 is 2.38 bits per heavy atom. The summed E-state index contributed by atoms with van der Waals surface area (Å²) in [6, 6.07) is 22.0. The van der Waals surface area contributed by atoms with Gasteiger partial charge < -0.3 is 5.32 Å². The molecule has 0 amide bonds. The summed E-state index contributed by atoms with van der Waals surface area (Å²) in [5.41, 5.74) is 4.73. The van der Waals surface area contributed by atoms with Crippen LogP contribution in [0, 0.1) is 6.92 Å². The van der Waals surface area contributed by atoms with Gasteiger partial charge in [-0.15, -0.1) is 0 Å². The predicted molar refractivity (Wildman–Crippen MR) is 97.2 cm³/mol. The number of hydrogen-bond acceptors (Lipinski definition) is 4. The number of anilines is 2. The number of nitrogens with zero attached hydrogens (tertiary/aromatic N) is 3. The average Bonchev–Trinajstić information content (AvgIpc) is 2.64. The van der Waals surface area contributed by atoms with E-state index >= 15 is 0 Å². The average molecular weight is 312 g/mol. The third-order valence-electron chi connectivity index (χ3n) is 3.82. The topological polar surface area (TPSA) is 50.7 Å². The maximum atomic E-state index is 4.70. The van der Waals surface area contributed by atoms with Crippen molar-refractivity contribution >= 4 is 22.5 Å². The second kappa shape index (κ2) is 6.08. The van der Waals surface area contributed by atoms with Crippen molar-refractivity contribution in [2.45, 2.75) is 6.92 Å². The Balaban J connectivity index is 1.83. The van der Waals surface area contributed by atoms with Crippen molar-refractivity contribution in [3.63, 3.8) is 0 Å². The highest BCUT2D eigenvalue weighted by Crippen LogP contribution is 2.26. The fourth-order valence-corrected chi connectivity index (χ4v) is 2.60. The summed E-state index contributed by atoms with van der Waals surface area (Å²) in [7, 11) is 0. The van der Waals surface area contributed by atoms with Gasteiger partial charge in [0.05, 0.1) is 11.2 Å². The van der Waals surface area contributed by atoms with Crippen molar-refractivity contribution in [1.82, 2.24) is 15.0 Å². The quantitative estimate of drug-likeness (QED) is 0.593. The minimum atomic E-state index is 0.568. The first kappa shape index (κ1) is 14.3. The highest BCUT2D eigenvalue weighted by Gasteiger charge is 2.10. The van der Waals surface area contributed by atoms with E-state index < -0.39 is 0 Å². The molecule has 4 rings (SSSR count). The van der Waals surface area contributed by atoms with E-state index in [1.54, 1.807) is 6.20 Å². The molecule has 24 heavy (non-hydrogen) atoms. The minimum Gasteiger partial charge on any atom is -0.324 e. The molecule has 0 aliphatic heterocycles. The predicted octanol–water partition coefficient (Wildman–Crippen LogP) is 4.74. The van der Waals surface area contributed by atoms with Crippen LogP contribution in [-0.2, 0) is 0 Å². The lowest BCUT2D eigenvalue weighted by Crippen LogP contribution is -2.00. The number of aromatic nitrogens is 3. The summed E-state index contributed by atoms with van der Waals surface area (Å²) < 4.78 is 0. The summed E-state index contributed by atoms with van der Waals surface area (Å²) in [6.07, 6.45) is 1.78. The molecule has 0 bridgehead atoms. The Hall–Kier alpha value is -3.27. The number of hydrogen-bond donors (Lipinski definition) is 1. The van der Waals surface area contributed by atoms with Crippen LogP contribution in [0.15, 0.2) is 72.9 Å². The van der Waals surface area contributed by atoms with Crippen molar-refractivity contribution in [1.29, 1.82) is 0 Å². The largest absolute Gasteiger partial charge is 0.324 e. The molecule has 1 N–H and O–H groups in total. The molecular formula is C20H16N4. The Kier molecular flexibility index (Phi) is 3.63. The first-order valence-corrected chi connectivity index (χ1v) is 7.81. The van der Waals surface area contributed by atoms with Gasteiger partial charge in [-0.2, -0.15) is 0 Å². The first-order valence-electron chi connectivity index (χ1n) is 7.81. The number of rotatable bonds is 3. The number of pyridine rings is 1. The number of fused-ring (bicyclic) bond motifs is 1. The summed E-state index contributed by atoms with van der Waals surface area (Å²) in [4.78, 5) is 13.8. The van der Waals surface area contributed by atoms with E-state index in [2.05, 4.69) is 34.3 Å². The fraction of sp³-hybridized carbons (Fsp3) is 0.0500. The normalized spacial score (nSPS) is 10.7. The van der Waals surface area contributed by atoms with Gasteiger partial charge >= 0.3 is 0 Å². The van der Waals surface area contributed by atoms with Crippen LogP contribution in [0.1, 0.15) is 5.56 Å². The van der Waals surface area contributed by atoms with E-state index in [-0.39, 0.29) is 0 Å². The number of benzene rings is 2. The van der Waals surface area contributed by atoms with Crippen LogP contribution in [0.2, 0.25) is 0 Å². The van der Waals surface area contributed by atoms with Crippen LogP contribution >= 0.6 is 0 Å². The lowest BCUT2D eigenvalue weighted by atomic mass is 10.1. The third-order valence-corrected chi connectivity index (χ3v) is 3.82. The molecule has 0 aliphatic carbocycles. The van der Waals surface area contributed by atoms with Crippen LogP contribution in [0.4, 0.5) is 11.6 Å². The van der Waals surface area contributed by atoms with Crippen molar-refractivity contribution in [2.75, 3.05) is 5.32 Å². The van der Waals surface area contributed by atoms with Gasteiger partial charge in [0.1, 0.15) is 5.69 Å². The first-order chi connectivity index (χ1) is 11.8. The van der Waals surface area contributed by atoms with Gasteiger partial charge in [0.2, 0.25) is 5.95 Å². The van der Waals surface area contributed by atoms with Crippen LogP contribution in [0.25, 0.3) is 22.3 Å². The molecule has 0 saturated heterocycles. The zero-order chi connectivity index (χ0) is 16.4. The highest BCUT2D eigenvalue weighted by molar-refractivity contribution is 5.92. The van der Waals surface area contributed by atoms with Gasteiger partial charge in [0.15, 0.2) is 0 Å². The summed E-state index contributed by atoms with van der Waals surface area (Å²) in [5.74, 6) is 0.568. The summed E-state index contributed by atoms with van der Waals surface area (Å²) in [6.45, 7) is 2.06. The third kappa shape index (κ3) is 2.82. The molecule has 2 aromatic carbocycles. The van der Waals surface area contributed by atoms with Crippen molar-refractivity contribution in [3.8, 4) is 11.4 Å². The molecule has 4 nitrogen and oxygen atoms in total. The molecule has 0 radical (unpaired) electrons. The van der Waals surface area contributed by atoms with Gasteiger partial charge in [-0.1, -0.05) is 42.0 Å². The van der Waals surface area contributed by atoms with Crippen LogP contribution < -0.4 is 5.32 Å². The Morgan fingerprint density at radius 2 is 1.58 bits per heavy atom. The number of aryl methyl sites for hydroxylation is 1. The maximum absolute atomic E-state index is 4.70. The molecule has 0 saturated carbocycles. The van der Waals surface area contributed by atoms with Gasteiger partial charge in [0, 0.05) is 17.3 Å². The molecule has 2 aromatic heterocycles. The molecule has 0 unspecified atom stereocenters.